The average molecular weight is 445 g/mol. The van der Waals surface area contributed by atoms with E-state index in [2.05, 4.69) is 10.3 Å². The van der Waals surface area contributed by atoms with Gasteiger partial charge in [-0.15, -0.1) is 0 Å². The van der Waals surface area contributed by atoms with Crippen molar-refractivity contribution in [3.8, 4) is 0 Å². The molecule has 32 heavy (non-hydrogen) atoms. The molecule has 1 saturated heterocycles. The van der Waals surface area contributed by atoms with Crippen molar-refractivity contribution in [2.24, 2.45) is 0 Å². The summed E-state index contributed by atoms with van der Waals surface area (Å²) in [4.78, 5) is 40.9. The van der Waals surface area contributed by atoms with Crippen LogP contribution in [0.5, 0.6) is 0 Å². The summed E-state index contributed by atoms with van der Waals surface area (Å²) in [6.07, 6.45) is -2.78. The van der Waals surface area contributed by atoms with E-state index in [-0.39, 0.29) is 16.6 Å². The van der Waals surface area contributed by atoms with Crippen LogP contribution in [0, 0.1) is 0 Å². The Hall–Kier alpha value is -3.82. The standard InChI is InChI=1S/C22H18F3N3O4/c23-22(24,25)15-10-12(28-9-3-6-18(28)21(31)32)7-8-17(15)27-20(30)14-11-26-16-5-2-1-4-13(16)19(14)29/h1-2,4-5,7-8,10-11,18H,3,6,9H2,(H,26,29)(H,27,30)(H,31,32)/t18-/m0/s1. The monoisotopic (exact) mass is 445 g/mol. The van der Waals surface area contributed by atoms with E-state index in [4.69, 9.17) is 0 Å². The lowest BCUT2D eigenvalue weighted by molar-refractivity contribution is -0.138. The van der Waals surface area contributed by atoms with Crippen LogP contribution in [0.15, 0.2) is 53.5 Å². The summed E-state index contributed by atoms with van der Waals surface area (Å²) in [6.45, 7) is 0.312. The lowest BCUT2D eigenvalue weighted by Crippen LogP contribution is -2.36. The number of carbonyl (C=O) groups excluding carboxylic acids is 1. The van der Waals surface area contributed by atoms with Gasteiger partial charge >= 0.3 is 12.1 Å². The molecule has 2 heterocycles. The SMILES string of the molecule is O=C(Nc1ccc(N2CCC[C@H]2C(=O)O)cc1C(F)(F)F)c1c[nH]c2ccccc2c1=O. The zero-order valence-electron chi connectivity index (χ0n) is 16.6. The summed E-state index contributed by atoms with van der Waals surface area (Å²) >= 11 is 0. The van der Waals surface area contributed by atoms with Gasteiger partial charge in [-0.25, -0.2) is 4.79 Å². The number of amides is 1. The topological polar surface area (TPSA) is 102 Å². The maximum absolute atomic E-state index is 13.8. The highest BCUT2D eigenvalue weighted by Gasteiger charge is 2.37. The highest BCUT2D eigenvalue weighted by Crippen LogP contribution is 2.39. The summed E-state index contributed by atoms with van der Waals surface area (Å²) in [6, 6.07) is 8.78. The van der Waals surface area contributed by atoms with Crippen LogP contribution in [0.1, 0.15) is 28.8 Å². The van der Waals surface area contributed by atoms with E-state index in [0.717, 1.165) is 18.3 Å². The van der Waals surface area contributed by atoms with Crippen LogP contribution in [0.4, 0.5) is 24.5 Å². The van der Waals surface area contributed by atoms with Crippen molar-refractivity contribution in [2.75, 3.05) is 16.8 Å². The molecule has 1 atom stereocenters. The maximum atomic E-state index is 13.8. The van der Waals surface area contributed by atoms with Crippen molar-refractivity contribution in [1.82, 2.24) is 4.98 Å². The van der Waals surface area contributed by atoms with E-state index in [1.54, 1.807) is 18.2 Å². The van der Waals surface area contributed by atoms with Crippen LogP contribution in [-0.2, 0) is 11.0 Å². The predicted molar refractivity (Wildman–Crippen MR) is 112 cm³/mol. The van der Waals surface area contributed by atoms with Crippen molar-refractivity contribution in [3.63, 3.8) is 0 Å². The number of aromatic amines is 1. The second-order valence-corrected chi connectivity index (χ2v) is 7.45. The van der Waals surface area contributed by atoms with Gasteiger partial charge < -0.3 is 20.3 Å². The second-order valence-electron chi connectivity index (χ2n) is 7.45. The third kappa shape index (κ3) is 3.91. The number of rotatable bonds is 4. The van der Waals surface area contributed by atoms with E-state index in [1.165, 1.54) is 17.0 Å². The zero-order chi connectivity index (χ0) is 23.0. The van der Waals surface area contributed by atoms with Gasteiger partial charge in [-0.05, 0) is 43.2 Å². The van der Waals surface area contributed by atoms with Gasteiger partial charge in [0.1, 0.15) is 11.6 Å². The number of para-hydroxylation sites is 1. The molecule has 3 N–H and O–H groups in total. The first-order valence-electron chi connectivity index (χ1n) is 9.79. The molecule has 0 unspecified atom stereocenters. The highest BCUT2D eigenvalue weighted by molar-refractivity contribution is 6.06. The number of H-pyrrole nitrogens is 1. The number of hydrogen-bond donors (Lipinski definition) is 3. The van der Waals surface area contributed by atoms with Crippen molar-refractivity contribution in [3.05, 3.63) is 70.0 Å². The molecule has 1 aromatic heterocycles. The Balaban J connectivity index is 1.69. The number of hydrogen-bond acceptors (Lipinski definition) is 4. The van der Waals surface area contributed by atoms with E-state index in [9.17, 15) is 32.7 Å². The first kappa shape index (κ1) is 21.4. The van der Waals surface area contributed by atoms with Gasteiger partial charge in [0.25, 0.3) is 5.91 Å². The number of carboxylic acid groups (broad SMARTS) is 1. The molecule has 4 rings (SSSR count). The number of halogens is 3. The normalized spacial score (nSPS) is 16.3. The van der Waals surface area contributed by atoms with Gasteiger partial charge in [-0.2, -0.15) is 13.2 Å². The van der Waals surface area contributed by atoms with Gasteiger partial charge in [0.05, 0.1) is 11.3 Å². The molecular weight excluding hydrogens is 427 g/mol. The number of fused-ring (bicyclic) bond motifs is 1. The van der Waals surface area contributed by atoms with Crippen molar-refractivity contribution >= 4 is 34.2 Å². The zero-order valence-corrected chi connectivity index (χ0v) is 16.6. The Kier molecular flexibility index (Phi) is 5.37. The average Bonchev–Trinajstić information content (AvgIpc) is 3.24. The molecule has 1 amide bonds. The second kappa shape index (κ2) is 8.03. The Bertz CT molecular complexity index is 1270. The minimum Gasteiger partial charge on any atom is -0.480 e. The minimum atomic E-state index is -4.81. The number of carboxylic acids is 1. The summed E-state index contributed by atoms with van der Waals surface area (Å²) in [5, 5.41) is 11.7. The lowest BCUT2D eigenvalue weighted by atomic mass is 10.1. The molecule has 0 radical (unpaired) electrons. The van der Waals surface area contributed by atoms with Gasteiger partial charge in [0, 0.05) is 29.3 Å². The Labute approximate surface area is 179 Å². The smallest absolute Gasteiger partial charge is 0.418 e. The number of nitrogens with one attached hydrogen (secondary N) is 2. The summed E-state index contributed by atoms with van der Waals surface area (Å²) < 4.78 is 41.3. The fourth-order valence-electron chi connectivity index (χ4n) is 3.91. The van der Waals surface area contributed by atoms with E-state index < -0.39 is 40.8 Å². The summed E-state index contributed by atoms with van der Waals surface area (Å²) in [5.41, 5.74) is -1.99. The van der Waals surface area contributed by atoms with Crippen molar-refractivity contribution in [1.29, 1.82) is 0 Å². The van der Waals surface area contributed by atoms with Crippen LogP contribution in [0.3, 0.4) is 0 Å². The molecular formula is C22H18F3N3O4. The number of benzene rings is 2. The first-order chi connectivity index (χ1) is 15.2. The van der Waals surface area contributed by atoms with Crippen molar-refractivity contribution < 1.29 is 27.9 Å². The number of pyridine rings is 1. The predicted octanol–water partition coefficient (Wildman–Crippen LogP) is 3.85. The lowest BCUT2D eigenvalue weighted by Gasteiger charge is -2.25. The first-order valence-corrected chi connectivity index (χ1v) is 9.79. The van der Waals surface area contributed by atoms with E-state index in [0.29, 0.717) is 24.9 Å². The van der Waals surface area contributed by atoms with Crippen LogP contribution in [0.25, 0.3) is 10.9 Å². The van der Waals surface area contributed by atoms with Crippen molar-refractivity contribution in [2.45, 2.75) is 25.1 Å². The molecule has 0 spiro atoms. The molecule has 1 aliphatic heterocycles. The molecule has 3 aromatic rings. The molecule has 166 valence electrons. The van der Waals surface area contributed by atoms with Crippen LogP contribution >= 0.6 is 0 Å². The van der Waals surface area contributed by atoms with Crippen LogP contribution in [0.2, 0.25) is 0 Å². The Morgan fingerprint density at radius 2 is 1.91 bits per heavy atom. The molecule has 0 aliphatic carbocycles. The molecule has 1 fully saturated rings. The number of anilines is 2. The number of aliphatic carboxylic acids is 1. The quantitative estimate of drug-likeness (QED) is 0.566. The third-order valence-corrected chi connectivity index (χ3v) is 5.46. The van der Waals surface area contributed by atoms with Gasteiger partial charge in [0.15, 0.2) is 0 Å². The molecule has 1 aliphatic rings. The van der Waals surface area contributed by atoms with E-state index in [1.807, 2.05) is 0 Å². The van der Waals surface area contributed by atoms with Crippen LogP contribution < -0.4 is 15.6 Å². The largest absolute Gasteiger partial charge is 0.480 e. The Morgan fingerprint density at radius 3 is 2.62 bits per heavy atom. The number of carbonyl (C=O) groups is 2. The number of aromatic nitrogens is 1. The fraction of sp³-hybridized carbons (Fsp3) is 0.227. The molecule has 2 aromatic carbocycles. The minimum absolute atomic E-state index is 0.101. The molecule has 10 heteroatoms. The maximum Gasteiger partial charge on any atom is 0.418 e. The molecule has 0 bridgehead atoms. The summed E-state index contributed by atoms with van der Waals surface area (Å²) in [5.74, 6) is -2.09. The van der Waals surface area contributed by atoms with Gasteiger partial charge in [0.2, 0.25) is 5.43 Å². The van der Waals surface area contributed by atoms with Gasteiger partial charge in [-0.1, -0.05) is 12.1 Å². The third-order valence-electron chi connectivity index (χ3n) is 5.46. The fourth-order valence-corrected chi connectivity index (χ4v) is 3.91. The Morgan fingerprint density at radius 1 is 1.16 bits per heavy atom. The van der Waals surface area contributed by atoms with Crippen LogP contribution in [-0.4, -0.2) is 34.6 Å². The number of nitrogens with zero attached hydrogens (tertiary/aromatic N) is 1. The molecule has 0 saturated carbocycles. The number of alkyl halides is 3. The summed E-state index contributed by atoms with van der Waals surface area (Å²) in [7, 11) is 0. The highest BCUT2D eigenvalue weighted by atomic mass is 19.4. The molecule has 7 nitrogen and oxygen atoms in total. The van der Waals surface area contributed by atoms with Gasteiger partial charge in [-0.3, -0.25) is 9.59 Å². The van der Waals surface area contributed by atoms with E-state index >= 15 is 0 Å².